The molecule has 1 aromatic carbocycles. The second-order valence-electron chi connectivity index (χ2n) is 5.25. The van der Waals surface area contributed by atoms with Gasteiger partial charge in [-0.05, 0) is 30.7 Å². The predicted molar refractivity (Wildman–Crippen MR) is 83.6 cm³/mol. The standard InChI is InChI=1S/C15H11F2N3O4S/c1-8-2-9(6-19-5-8)20-13(7-24-15(20)21)10-3-12(17)14(4-11(10)16)25(18,22)23/h2-7H,1H3,(H2,18,22,23). The molecule has 2 heterocycles. The summed E-state index contributed by atoms with van der Waals surface area (Å²) in [6.45, 7) is 1.74. The molecule has 25 heavy (non-hydrogen) atoms. The lowest BCUT2D eigenvalue weighted by Gasteiger charge is -2.09. The van der Waals surface area contributed by atoms with Crippen molar-refractivity contribution in [3.05, 3.63) is 64.6 Å². The van der Waals surface area contributed by atoms with Crippen LogP contribution in [0.3, 0.4) is 0 Å². The van der Waals surface area contributed by atoms with Crippen molar-refractivity contribution in [3.8, 4) is 16.9 Å². The van der Waals surface area contributed by atoms with Crippen molar-refractivity contribution in [1.82, 2.24) is 9.55 Å². The summed E-state index contributed by atoms with van der Waals surface area (Å²) in [4.78, 5) is 14.9. The Morgan fingerprint density at radius 2 is 1.88 bits per heavy atom. The Balaban J connectivity index is 2.26. The molecule has 0 saturated heterocycles. The van der Waals surface area contributed by atoms with E-state index in [1.54, 1.807) is 19.2 Å². The third kappa shape index (κ3) is 3.08. The highest BCUT2D eigenvalue weighted by molar-refractivity contribution is 7.89. The molecule has 10 heteroatoms. The maximum absolute atomic E-state index is 14.4. The van der Waals surface area contributed by atoms with Crippen LogP contribution in [-0.4, -0.2) is 18.0 Å². The quantitative estimate of drug-likeness (QED) is 0.758. The maximum atomic E-state index is 14.4. The van der Waals surface area contributed by atoms with Gasteiger partial charge in [0.15, 0.2) is 0 Å². The summed E-state index contributed by atoms with van der Waals surface area (Å²) in [6, 6.07) is 2.69. The van der Waals surface area contributed by atoms with Gasteiger partial charge in [-0.25, -0.2) is 31.7 Å². The van der Waals surface area contributed by atoms with Crippen LogP contribution in [0.5, 0.6) is 0 Å². The number of rotatable bonds is 3. The van der Waals surface area contributed by atoms with Crippen LogP contribution in [0.2, 0.25) is 0 Å². The van der Waals surface area contributed by atoms with E-state index in [9.17, 15) is 22.0 Å². The summed E-state index contributed by atoms with van der Waals surface area (Å²) in [7, 11) is -4.43. The topological polar surface area (TPSA) is 108 Å². The fourth-order valence-corrected chi connectivity index (χ4v) is 2.94. The van der Waals surface area contributed by atoms with Crippen LogP contribution in [0.4, 0.5) is 8.78 Å². The van der Waals surface area contributed by atoms with Crippen LogP contribution in [0.25, 0.3) is 16.9 Å². The molecule has 2 aromatic heterocycles. The molecular weight excluding hydrogens is 356 g/mol. The van der Waals surface area contributed by atoms with Crippen molar-refractivity contribution in [3.63, 3.8) is 0 Å². The fraction of sp³-hybridized carbons (Fsp3) is 0.0667. The Morgan fingerprint density at radius 3 is 2.52 bits per heavy atom. The number of nitrogens with two attached hydrogens (primary N) is 1. The molecule has 3 aromatic rings. The molecule has 0 aliphatic carbocycles. The highest BCUT2D eigenvalue weighted by atomic mass is 32.2. The van der Waals surface area contributed by atoms with Gasteiger partial charge in [0.05, 0.1) is 17.6 Å². The van der Waals surface area contributed by atoms with Gasteiger partial charge in [0, 0.05) is 11.8 Å². The minimum Gasteiger partial charge on any atom is -0.415 e. The Labute approximate surface area is 140 Å². The number of oxazole rings is 1. The summed E-state index contributed by atoms with van der Waals surface area (Å²) < 4.78 is 56.8. The number of benzene rings is 1. The van der Waals surface area contributed by atoms with Crippen LogP contribution >= 0.6 is 0 Å². The van der Waals surface area contributed by atoms with Gasteiger partial charge < -0.3 is 4.42 Å². The molecule has 0 aliphatic heterocycles. The molecule has 0 aliphatic rings. The van der Waals surface area contributed by atoms with Crippen molar-refractivity contribution in [2.45, 2.75) is 11.8 Å². The number of hydrogen-bond donors (Lipinski definition) is 1. The van der Waals surface area contributed by atoms with Gasteiger partial charge in [-0.3, -0.25) is 4.98 Å². The zero-order valence-corrected chi connectivity index (χ0v) is 13.5. The molecule has 0 amide bonds. The van der Waals surface area contributed by atoms with E-state index < -0.39 is 32.3 Å². The lowest BCUT2D eigenvalue weighted by Crippen LogP contribution is -2.16. The third-order valence-electron chi connectivity index (χ3n) is 3.42. The van der Waals surface area contributed by atoms with Gasteiger partial charge >= 0.3 is 5.76 Å². The predicted octanol–water partition coefficient (Wildman–Crippen LogP) is 1.73. The average molecular weight is 367 g/mol. The molecule has 0 radical (unpaired) electrons. The van der Waals surface area contributed by atoms with E-state index in [1.807, 2.05) is 0 Å². The first-order valence-electron chi connectivity index (χ1n) is 6.83. The van der Waals surface area contributed by atoms with E-state index in [4.69, 9.17) is 9.56 Å². The number of halogens is 2. The van der Waals surface area contributed by atoms with Gasteiger partial charge in [-0.15, -0.1) is 0 Å². The van der Waals surface area contributed by atoms with Crippen molar-refractivity contribution in [2.24, 2.45) is 5.14 Å². The van der Waals surface area contributed by atoms with E-state index in [2.05, 4.69) is 4.98 Å². The zero-order valence-electron chi connectivity index (χ0n) is 12.7. The van der Waals surface area contributed by atoms with Crippen LogP contribution < -0.4 is 10.9 Å². The van der Waals surface area contributed by atoms with Gasteiger partial charge in [0.2, 0.25) is 10.0 Å². The maximum Gasteiger partial charge on any atom is 0.424 e. The summed E-state index contributed by atoms with van der Waals surface area (Å²) in [6.07, 6.45) is 3.84. The first-order chi connectivity index (χ1) is 11.7. The summed E-state index contributed by atoms with van der Waals surface area (Å²) in [5, 5.41) is 4.84. The van der Waals surface area contributed by atoms with Gasteiger partial charge in [-0.1, -0.05) is 0 Å². The van der Waals surface area contributed by atoms with Crippen LogP contribution in [0, 0.1) is 18.6 Å². The molecular formula is C15H11F2N3O4S. The second-order valence-corrected chi connectivity index (χ2v) is 6.78. The lowest BCUT2D eigenvalue weighted by atomic mass is 10.1. The minimum absolute atomic E-state index is 0.102. The normalized spacial score (nSPS) is 11.7. The molecule has 3 rings (SSSR count). The Morgan fingerprint density at radius 1 is 1.16 bits per heavy atom. The first kappa shape index (κ1) is 17.0. The number of sulfonamides is 1. The van der Waals surface area contributed by atoms with Crippen molar-refractivity contribution in [1.29, 1.82) is 0 Å². The summed E-state index contributed by atoms with van der Waals surface area (Å²) >= 11 is 0. The van der Waals surface area contributed by atoms with E-state index >= 15 is 0 Å². The molecule has 2 N–H and O–H groups in total. The molecule has 0 unspecified atom stereocenters. The molecule has 0 spiro atoms. The summed E-state index contributed by atoms with van der Waals surface area (Å²) in [5.74, 6) is -3.17. The number of aromatic nitrogens is 2. The van der Waals surface area contributed by atoms with Crippen molar-refractivity contribution >= 4 is 10.0 Å². The van der Waals surface area contributed by atoms with E-state index in [1.165, 1.54) is 6.20 Å². The number of primary sulfonamides is 1. The number of hydrogen-bond acceptors (Lipinski definition) is 5. The van der Waals surface area contributed by atoms with Crippen LogP contribution in [0.1, 0.15) is 5.56 Å². The monoisotopic (exact) mass is 367 g/mol. The van der Waals surface area contributed by atoms with Crippen LogP contribution in [0.15, 0.2) is 51.0 Å². The Kier molecular flexibility index (Phi) is 4.01. The molecule has 0 bridgehead atoms. The summed E-state index contributed by atoms with van der Waals surface area (Å²) in [5.41, 5.74) is 0.545. The van der Waals surface area contributed by atoms with Crippen molar-refractivity contribution in [2.75, 3.05) is 0 Å². The smallest absolute Gasteiger partial charge is 0.415 e. The largest absolute Gasteiger partial charge is 0.424 e. The van der Waals surface area contributed by atoms with E-state index in [-0.39, 0.29) is 16.9 Å². The fourth-order valence-electron chi connectivity index (χ4n) is 2.34. The highest BCUT2D eigenvalue weighted by Gasteiger charge is 2.22. The second kappa shape index (κ2) is 5.90. The first-order valence-corrected chi connectivity index (χ1v) is 8.38. The number of aryl methyl sites for hydroxylation is 1. The lowest BCUT2D eigenvalue weighted by molar-refractivity contribution is 0.504. The minimum atomic E-state index is -4.43. The van der Waals surface area contributed by atoms with Crippen LogP contribution in [-0.2, 0) is 10.0 Å². The number of pyridine rings is 1. The third-order valence-corrected chi connectivity index (χ3v) is 4.34. The molecule has 0 fully saturated rings. The molecule has 0 saturated carbocycles. The zero-order chi connectivity index (χ0) is 18.4. The Hall–Kier alpha value is -2.85. The highest BCUT2D eigenvalue weighted by Crippen LogP contribution is 2.28. The van der Waals surface area contributed by atoms with Gasteiger partial charge in [0.1, 0.15) is 22.8 Å². The molecule has 130 valence electrons. The van der Waals surface area contributed by atoms with Crippen molar-refractivity contribution < 1.29 is 21.6 Å². The SMILES string of the molecule is Cc1cncc(-n2c(-c3cc(F)c(S(N)(=O)=O)cc3F)coc2=O)c1. The van der Waals surface area contributed by atoms with E-state index in [0.29, 0.717) is 12.1 Å². The van der Waals surface area contributed by atoms with E-state index in [0.717, 1.165) is 16.4 Å². The van der Waals surface area contributed by atoms with Gasteiger partial charge in [-0.2, -0.15) is 0 Å². The molecule has 7 nitrogen and oxygen atoms in total. The molecule has 0 atom stereocenters. The van der Waals surface area contributed by atoms with Gasteiger partial charge in [0.25, 0.3) is 0 Å². The number of nitrogens with zero attached hydrogens (tertiary/aromatic N) is 2. The average Bonchev–Trinajstić information content (AvgIpc) is 2.89. The Bertz CT molecular complexity index is 1140.